The predicted molar refractivity (Wildman–Crippen MR) is 93.3 cm³/mol. The van der Waals surface area contributed by atoms with E-state index in [0.717, 1.165) is 45.2 Å². The largest absolute Gasteiger partial charge is 0.297 e. The summed E-state index contributed by atoms with van der Waals surface area (Å²) in [6.07, 6.45) is 3.71. The number of fused-ring (bicyclic) bond motifs is 1. The molecule has 2 heterocycles. The number of nitrogens with one attached hydrogen (secondary N) is 1. The van der Waals surface area contributed by atoms with Crippen LogP contribution in [-0.4, -0.2) is 26.7 Å². The van der Waals surface area contributed by atoms with Gasteiger partial charge in [0.25, 0.3) is 5.91 Å². The van der Waals surface area contributed by atoms with E-state index in [-0.39, 0.29) is 5.91 Å². The fraction of sp³-hybridized carbons (Fsp3) is 0.286. The molecule has 1 aromatic carbocycles. The van der Waals surface area contributed by atoms with Gasteiger partial charge in [0.1, 0.15) is 4.88 Å². The summed E-state index contributed by atoms with van der Waals surface area (Å²) in [5.41, 5.74) is 1.70. The summed E-state index contributed by atoms with van der Waals surface area (Å²) in [4.78, 5) is 18.6. The number of thiazole rings is 1. The minimum Gasteiger partial charge on any atom is -0.297 e. The molecule has 0 aliphatic heterocycles. The van der Waals surface area contributed by atoms with Crippen LogP contribution in [0.2, 0.25) is 0 Å². The molecule has 1 amide bonds. The zero-order valence-corrected chi connectivity index (χ0v) is 14.6. The Kier molecular flexibility index (Phi) is 4.70. The highest BCUT2D eigenvalue weighted by molar-refractivity contribution is 7.98. The molecular formula is C14H14N4OS3. The van der Waals surface area contributed by atoms with Crippen LogP contribution in [0.5, 0.6) is 0 Å². The molecule has 0 aliphatic rings. The molecule has 0 atom stereocenters. The van der Waals surface area contributed by atoms with Gasteiger partial charge in [-0.1, -0.05) is 35.2 Å². The Morgan fingerprint density at radius 2 is 2.27 bits per heavy atom. The van der Waals surface area contributed by atoms with E-state index in [1.165, 1.54) is 11.3 Å². The second-order valence-electron chi connectivity index (χ2n) is 4.58. The Morgan fingerprint density at radius 1 is 1.41 bits per heavy atom. The van der Waals surface area contributed by atoms with Crippen molar-refractivity contribution in [3.8, 4) is 0 Å². The van der Waals surface area contributed by atoms with Crippen molar-refractivity contribution < 1.29 is 4.79 Å². The highest BCUT2D eigenvalue weighted by Crippen LogP contribution is 2.32. The van der Waals surface area contributed by atoms with Crippen LogP contribution < -0.4 is 5.32 Å². The quantitative estimate of drug-likeness (QED) is 0.702. The second-order valence-corrected chi connectivity index (χ2v) is 7.21. The van der Waals surface area contributed by atoms with Gasteiger partial charge in [-0.25, -0.2) is 4.98 Å². The third kappa shape index (κ3) is 2.99. The maximum atomic E-state index is 12.4. The molecule has 0 fully saturated rings. The molecule has 0 unspecified atom stereocenters. The average molecular weight is 350 g/mol. The van der Waals surface area contributed by atoms with Crippen molar-refractivity contribution in [2.45, 2.75) is 24.7 Å². The summed E-state index contributed by atoms with van der Waals surface area (Å²) >= 11 is 4.26. The van der Waals surface area contributed by atoms with Crippen LogP contribution in [0.25, 0.3) is 10.2 Å². The van der Waals surface area contributed by atoms with E-state index in [2.05, 4.69) is 26.8 Å². The van der Waals surface area contributed by atoms with Gasteiger partial charge in [0.2, 0.25) is 0 Å². The molecule has 3 rings (SSSR count). The van der Waals surface area contributed by atoms with E-state index in [4.69, 9.17) is 0 Å². The first kappa shape index (κ1) is 15.4. The first-order valence-corrected chi connectivity index (χ1v) is 9.60. The van der Waals surface area contributed by atoms with Crippen molar-refractivity contribution in [3.05, 3.63) is 28.8 Å². The molecular weight excluding hydrogens is 336 g/mol. The number of benzene rings is 1. The van der Waals surface area contributed by atoms with Crippen molar-refractivity contribution >= 4 is 55.9 Å². The van der Waals surface area contributed by atoms with Crippen LogP contribution >= 0.6 is 34.6 Å². The Morgan fingerprint density at radius 3 is 3.05 bits per heavy atom. The first-order chi connectivity index (χ1) is 10.7. The lowest BCUT2D eigenvalue weighted by Crippen LogP contribution is -2.12. The Balaban J connectivity index is 1.86. The fourth-order valence-electron chi connectivity index (χ4n) is 2.08. The van der Waals surface area contributed by atoms with Crippen LogP contribution in [-0.2, 0) is 6.42 Å². The molecule has 0 saturated carbocycles. The van der Waals surface area contributed by atoms with Gasteiger partial charge in [-0.15, -0.1) is 16.9 Å². The van der Waals surface area contributed by atoms with Gasteiger partial charge >= 0.3 is 0 Å². The van der Waals surface area contributed by atoms with Crippen molar-refractivity contribution in [3.63, 3.8) is 0 Å². The lowest BCUT2D eigenvalue weighted by Gasteiger charge is -2.00. The smallest absolute Gasteiger partial charge is 0.271 e. The number of para-hydroxylation sites is 1. The van der Waals surface area contributed by atoms with Crippen molar-refractivity contribution in [1.82, 2.24) is 14.6 Å². The molecule has 1 N–H and O–H groups in total. The first-order valence-electron chi connectivity index (χ1n) is 6.79. The highest BCUT2D eigenvalue weighted by Gasteiger charge is 2.17. The van der Waals surface area contributed by atoms with E-state index in [0.29, 0.717) is 10.0 Å². The van der Waals surface area contributed by atoms with Crippen LogP contribution in [0.3, 0.4) is 0 Å². The molecule has 3 aromatic rings. The van der Waals surface area contributed by atoms with E-state index >= 15 is 0 Å². The molecule has 0 aliphatic carbocycles. The summed E-state index contributed by atoms with van der Waals surface area (Å²) in [5.74, 6) is -0.178. The number of carbonyl (C=O) groups excluding carboxylic acids is 1. The molecule has 0 bridgehead atoms. The van der Waals surface area contributed by atoms with Crippen LogP contribution in [0.1, 0.15) is 28.7 Å². The number of hydrogen-bond donors (Lipinski definition) is 1. The SMILES string of the molecule is CCCc1nnsc1C(=O)Nc1nc2c(SC)cccc2s1. The van der Waals surface area contributed by atoms with Gasteiger partial charge in [0, 0.05) is 4.90 Å². The number of anilines is 1. The maximum Gasteiger partial charge on any atom is 0.271 e. The minimum atomic E-state index is -0.178. The van der Waals surface area contributed by atoms with Gasteiger partial charge < -0.3 is 0 Å². The predicted octanol–water partition coefficient (Wildman–Crippen LogP) is 4.07. The number of carbonyl (C=O) groups is 1. The van der Waals surface area contributed by atoms with Gasteiger partial charge in [-0.3, -0.25) is 10.1 Å². The standard InChI is InChI=1S/C14H14N4OS3/c1-3-5-8-12(22-18-17-8)13(19)16-14-15-11-9(20-2)6-4-7-10(11)21-14/h4,6-7H,3,5H2,1-2H3,(H,15,16,19). The molecule has 8 heteroatoms. The topological polar surface area (TPSA) is 67.8 Å². The number of rotatable bonds is 5. The number of aromatic nitrogens is 3. The summed E-state index contributed by atoms with van der Waals surface area (Å²) < 4.78 is 4.95. The Bertz CT molecular complexity index is 811. The molecule has 2 aromatic heterocycles. The summed E-state index contributed by atoms with van der Waals surface area (Å²) in [5, 5.41) is 7.51. The number of nitrogens with zero attached hydrogens (tertiary/aromatic N) is 3. The van der Waals surface area contributed by atoms with E-state index in [1.807, 2.05) is 24.5 Å². The Labute approximate surface area is 140 Å². The minimum absolute atomic E-state index is 0.178. The van der Waals surface area contributed by atoms with E-state index in [9.17, 15) is 4.79 Å². The number of thioether (sulfide) groups is 1. The van der Waals surface area contributed by atoms with Gasteiger partial charge in [0.05, 0.1) is 15.9 Å². The lowest BCUT2D eigenvalue weighted by molar-refractivity contribution is 0.102. The van der Waals surface area contributed by atoms with Crippen LogP contribution in [0.4, 0.5) is 5.13 Å². The van der Waals surface area contributed by atoms with Crippen molar-refractivity contribution in [1.29, 1.82) is 0 Å². The van der Waals surface area contributed by atoms with Gasteiger partial charge in [0.15, 0.2) is 5.13 Å². The van der Waals surface area contributed by atoms with Crippen LogP contribution in [0.15, 0.2) is 23.1 Å². The average Bonchev–Trinajstić information content (AvgIpc) is 3.13. The monoisotopic (exact) mass is 350 g/mol. The zero-order valence-electron chi connectivity index (χ0n) is 12.1. The number of aryl methyl sites for hydroxylation is 1. The zero-order chi connectivity index (χ0) is 15.5. The maximum absolute atomic E-state index is 12.4. The molecule has 22 heavy (non-hydrogen) atoms. The van der Waals surface area contributed by atoms with Crippen molar-refractivity contribution in [2.24, 2.45) is 0 Å². The van der Waals surface area contributed by atoms with Gasteiger partial charge in [-0.05, 0) is 36.3 Å². The van der Waals surface area contributed by atoms with Crippen LogP contribution in [0, 0.1) is 0 Å². The lowest BCUT2D eigenvalue weighted by atomic mass is 10.2. The molecule has 5 nitrogen and oxygen atoms in total. The molecule has 0 saturated heterocycles. The fourth-order valence-corrected chi connectivity index (χ4v) is 4.20. The van der Waals surface area contributed by atoms with Gasteiger partial charge in [-0.2, -0.15) is 0 Å². The van der Waals surface area contributed by atoms with E-state index < -0.39 is 0 Å². The summed E-state index contributed by atoms with van der Waals surface area (Å²) in [6, 6.07) is 6.05. The number of hydrogen-bond acceptors (Lipinski definition) is 7. The highest BCUT2D eigenvalue weighted by atomic mass is 32.2. The summed E-state index contributed by atoms with van der Waals surface area (Å²) in [7, 11) is 0. The third-order valence-electron chi connectivity index (χ3n) is 3.07. The second kappa shape index (κ2) is 6.72. The molecule has 114 valence electrons. The summed E-state index contributed by atoms with van der Waals surface area (Å²) in [6.45, 7) is 2.05. The Hall–Kier alpha value is -1.51. The normalized spacial score (nSPS) is 11.0. The molecule has 0 spiro atoms. The number of amides is 1. The third-order valence-corrected chi connectivity index (χ3v) is 5.54. The van der Waals surface area contributed by atoms with E-state index in [1.54, 1.807) is 11.8 Å². The van der Waals surface area contributed by atoms with Crippen molar-refractivity contribution in [2.75, 3.05) is 11.6 Å². The molecule has 0 radical (unpaired) electrons.